The van der Waals surface area contributed by atoms with E-state index in [2.05, 4.69) is 24.8 Å². The molecule has 0 amide bonds. The summed E-state index contributed by atoms with van der Waals surface area (Å²) in [5.74, 6) is 1.49. The maximum absolute atomic E-state index is 5.61. The van der Waals surface area contributed by atoms with Gasteiger partial charge in [-0.05, 0) is 18.6 Å². The first-order chi connectivity index (χ1) is 8.83. The molecule has 2 N–H and O–H groups in total. The largest absolute Gasteiger partial charge is 0.368 e. The lowest BCUT2D eigenvalue weighted by Crippen LogP contribution is -2.21. The molecule has 6 heteroatoms. The van der Waals surface area contributed by atoms with Crippen LogP contribution in [0.5, 0.6) is 0 Å². The molecule has 2 aromatic rings. The van der Waals surface area contributed by atoms with Gasteiger partial charge in [-0.25, -0.2) is 19.9 Å². The first-order valence-electron chi connectivity index (χ1n) is 5.93. The van der Waals surface area contributed by atoms with Gasteiger partial charge in [0.1, 0.15) is 0 Å². The summed E-state index contributed by atoms with van der Waals surface area (Å²) in [4.78, 5) is 18.9. The minimum absolute atomic E-state index is 0.335. The van der Waals surface area contributed by atoms with Crippen molar-refractivity contribution >= 4 is 11.9 Å². The number of nitrogens with zero attached hydrogens (tertiary/aromatic N) is 5. The summed E-state index contributed by atoms with van der Waals surface area (Å²) < 4.78 is 0. The fraction of sp³-hybridized carbons (Fsp3) is 0.333. The van der Waals surface area contributed by atoms with E-state index in [0.717, 1.165) is 31.2 Å². The van der Waals surface area contributed by atoms with Crippen LogP contribution < -0.4 is 10.6 Å². The summed E-state index contributed by atoms with van der Waals surface area (Å²) in [7, 11) is 0. The van der Waals surface area contributed by atoms with E-state index >= 15 is 0 Å². The molecule has 1 aliphatic rings. The van der Waals surface area contributed by atoms with Crippen LogP contribution in [-0.4, -0.2) is 33.0 Å². The Morgan fingerprint density at radius 1 is 1.17 bits per heavy atom. The highest BCUT2D eigenvalue weighted by atomic mass is 15.3. The van der Waals surface area contributed by atoms with E-state index in [0.29, 0.717) is 11.9 Å². The average molecular weight is 242 g/mol. The van der Waals surface area contributed by atoms with Crippen LogP contribution in [0.15, 0.2) is 30.7 Å². The summed E-state index contributed by atoms with van der Waals surface area (Å²) in [6.07, 6.45) is 6.27. The van der Waals surface area contributed by atoms with Crippen molar-refractivity contribution in [3.05, 3.63) is 36.4 Å². The smallest absolute Gasteiger partial charge is 0.225 e. The standard InChI is InChI=1S/C12H14N6/c13-11-14-6-2-10(17-11)9-3-7-18(8-9)12-15-4-1-5-16-12/h1-2,4-6,9H,3,7-8H2,(H2,13,14,17)/t9-/m0/s1. The first kappa shape index (κ1) is 10.9. The lowest BCUT2D eigenvalue weighted by molar-refractivity contribution is 0.740. The van der Waals surface area contributed by atoms with Crippen LogP contribution in [0.4, 0.5) is 11.9 Å². The Balaban J connectivity index is 1.76. The van der Waals surface area contributed by atoms with Crippen LogP contribution in [0.1, 0.15) is 18.0 Å². The number of aromatic nitrogens is 4. The summed E-state index contributed by atoms with van der Waals surface area (Å²) in [6.45, 7) is 1.82. The predicted octanol–water partition coefficient (Wildman–Crippen LogP) is 0.843. The van der Waals surface area contributed by atoms with Gasteiger partial charge in [0.05, 0.1) is 5.69 Å². The van der Waals surface area contributed by atoms with E-state index in [9.17, 15) is 0 Å². The van der Waals surface area contributed by atoms with Gasteiger partial charge in [-0.15, -0.1) is 0 Å². The van der Waals surface area contributed by atoms with E-state index in [1.807, 2.05) is 12.1 Å². The molecule has 1 fully saturated rings. The molecule has 0 aromatic carbocycles. The molecule has 0 unspecified atom stereocenters. The first-order valence-corrected chi connectivity index (χ1v) is 5.93. The predicted molar refractivity (Wildman–Crippen MR) is 68.0 cm³/mol. The molecule has 6 nitrogen and oxygen atoms in total. The molecule has 0 bridgehead atoms. The average Bonchev–Trinajstić information content (AvgIpc) is 2.89. The molecule has 1 saturated heterocycles. The van der Waals surface area contributed by atoms with Gasteiger partial charge in [-0.1, -0.05) is 0 Å². The summed E-state index contributed by atoms with van der Waals surface area (Å²) in [5, 5.41) is 0. The number of hydrogen-bond donors (Lipinski definition) is 1. The second-order valence-electron chi connectivity index (χ2n) is 4.32. The Hall–Kier alpha value is -2.24. The van der Waals surface area contributed by atoms with Crippen molar-refractivity contribution in [2.45, 2.75) is 12.3 Å². The Labute approximate surface area is 105 Å². The molecule has 18 heavy (non-hydrogen) atoms. The molecule has 3 rings (SSSR count). The van der Waals surface area contributed by atoms with Crippen LogP contribution in [0.25, 0.3) is 0 Å². The SMILES string of the molecule is Nc1nccc([C@H]2CCN(c3ncccn3)C2)n1. The quantitative estimate of drug-likeness (QED) is 0.840. The summed E-state index contributed by atoms with van der Waals surface area (Å²) in [6, 6.07) is 3.75. The van der Waals surface area contributed by atoms with Crippen LogP contribution in [0.2, 0.25) is 0 Å². The maximum atomic E-state index is 5.61. The molecule has 1 atom stereocenters. The highest BCUT2D eigenvalue weighted by molar-refractivity contribution is 5.33. The number of anilines is 2. The normalized spacial score (nSPS) is 19.1. The van der Waals surface area contributed by atoms with Gasteiger partial charge in [-0.2, -0.15) is 0 Å². The summed E-state index contributed by atoms with van der Waals surface area (Å²) >= 11 is 0. The van der Waals surface area contributed by atoms with Crippen molar-refractivity contribution in [2.24, 2.45) is 0 Å². The molecule has 0 aliphatic carbocycles. The van der Waals surface area contributed by atoms with Crippen molar-refractivity contribution < 1.29 is 0 Å². The lowest BCUT2D eigenvalue weighted by atomic mass is 10.1. The van der Waals surface area contributed by atoms with Gasteiger partial charge >= 0.3 is 0 Å². The van der Waals surface area contributed by atoms with E-state index in [1.165, 1.54) is 0 Å². The highest BCUT2D eigenvalue weighted by Crippen LogP contribution is 2.27. The molecule has 92 valence electrons. The van der Waals surface area contributed by atoms with Gasteiger partial charge < -0.3 is 10.6 Å². The third-order valence-corrected chi connectivity index (χ3v) is 3.14. The Kier molecular flexibility index (Phi) is 2.76. The van der Waals surface area contributed by atoms with Crippen molar-refractivity contribution in [1.29, 1.82) is 0 Å². The van der Waals surface area contributed by atoms with Crippen molar-refractivity contribution in [2.75, 3.05) is 23.7 Å². The monoisotopic (exact) mass is 242 g/mol. The van der Waals surface area contributed by atoms with Crippen molar-refractivity contribution in [1.82, 2.24) is 19.9 Å². The number of nitrogens with two attached hydrogens (primary N) is 1. The van der Waals surface area contributed by atoms with Crippen LogP contribution >= 0.6 is 0 Å². The fourth-order valence-corrected chi connectivity index (χ4v) is 2.25. The maximum Gasteiger partial charge on any atom is 0.225 e. The molecular weight excluding hydrogens is 228 g/mol. The molecule has 1 aliphatic heterocycles. The third-order valence-electron chi connectivity index (χ3n) is 3.14. The summed E-state index contributed by atoms with van der Waals surface area (Å²) in [5.41, 5.74) is 6.61. The van der Waals surface area contributed by atoms with Crippen LogP contribution in [0.3, 0.4) is 0 Å². The second-order valence-corrected chi connectivity index (χ2v) is 4.32. The van der Waals surface area contributed by atoms with Gasteiger partial charge in [-0.3, -0.25) is 0 Å². The second kappa shape index (κ2) is 4.56. The van der Waals surface area contributed by atoms with Gasteiger partial charge in [0, 0.05) is 37.6 Å². The lowest BCUT2D eigenvalue weighted by Gasteiger charge is -2.15. The molecule has 0 radical (unpaired) electrons. The third kappa shape index (κ3) is 2.09. The zero-order chi connectivity index (χ0) is 12.4. The minimum atomic E-state index is 0.335. The Bertz CT molecular complexity index is 529. The highest BCUT2D eigenvalue weighted by Gasteiger charge is 2.26. The number of nitrogen functional groups attached to an aromatic ring is 1. The zero-order valence-electron chi connectivity index (χ0n) is 9.90. The van der Waals surface area contributed by atoms with Crippen LogP contribution in [-0.2, 0) is 0 Å². The van der Waals surface area contributed by atoms with Crippen molar-refractivity contribution in [3.63, 3.8) is 0 Å². The van der Waals surface area contributed by atoms with E-state index in [4.69, 9.17) is 5.73 Å². The molecule has 0 saturated carbocycles. The number of rotatable bonds is 2. The molecule has 2 aromatic heterocycles. The van der Waals surface area contributed by atoms with E-state index < -0.39 is 0 Å². The van der Waals surface area contributed by atoms with Crippen LogP contribution in [0, 0.1) is 0 Å². The molecular formula is C12H14N6. The Morgan fingerprint density at radius 3 is 2.78 bits per heavy atom. The molecule has 3 heterocycles. The zero-order valence-corrected chi connectivity index (χ0v) is 9.90. The fourth-order valence-electron chi connectivity index (χ4n) is 2.25. The van der Waals surface area contributed by atoms with Gasteiger partial charge in [0.2, 0.25) is 11.9 Å². The van der Waals surface area contributed by atoms with Crippen molar-refractivity contribution in [3.8, 4) is 0 Å². The van der Waals surface area contributed by atoms with Gasteiger partial charge in [0.25, 0.3) is 0 Å². The topological polar surface area (TPSA) is 80.8 Å². The number of hydrogen-bond acceptors (Lipinski definition) is 6. The minimum Gasteiger partial charge on any atom is -0.368 e. The van der Waals surface area contributed by atoms with E-state index in [1.54, 1.807) is 18.6 Å². The Morgan fingerprint density at radius 2 is 2.00 bits per heavy atom. The van der Waals surface area contributed by atoms with Gasteiger partial charge in [0.15, 0.2) is 0 Å². The molecule has 0 spiro atoms. The van der Waals surface area contributed by atoms with E-state index in [-0.39, 0.29) is 0 Å².